The van der Waals surface area contributed by atoms with E-state index in [4.69, 9.17) is 5.11 Å². The van der Waals surface area contributed by atoms with Crippen molar-refractivity contribution < 1.29 is 19.8 Å². The van der Waals surface area contributed by atoms with Crippen molar-refractivity contribution in [3.05, 3.63) is 54.6 Å². The highest BCUT2D eigenvalue weighted by Gasteiger charge is 2.12. The van der Waals surface area contributed by atoms with Crippen LogP contribution in [0.5, 0.6) is 0 Å². The van der Waals surface area contributed by atoms with Gasteiger partial charge in [0.25, 0.3) is 0 Å². The minimum atomic E-state index is -0.981. The molecule has 0 spiro atoms. The molecule has 0 fully saturated rings. The normalized spacial score (nSPS) is 11.5. The van der Waals surface area contributed by atoms with Crippen molar-refractivity contribution in [3.8, 4) is 0 Å². The molecule has 1 aromatic carbocycles. The van der Waals surface area contributed by atoms with Crippen LogP contribution in [0.1, 0.15) is 109 Å². The summed E-state index contributed by atoms with van der Waals surface area (Å²) in [5, 5.41) is 17.0. The van der Waals surface area contributed by atoms with Crippen LogP contribution in [0.2, 0.25) is 0 Å². The van der Waals surface area contributed by atoms with Gasteiger partial charge in [-0.2, -0.15) is 0 Å². The Morgan fingerprint density at radius 1 is 0.788 bits per heavy atom. The van der Waals surface area contributed by atoms with Crippen LogP contribution in [0.25, 0.3) is 6.08 Å². The van der Waals surface area contributed by atoms with Gasteiger partial charge < -0.3 is 10.2 Å². The van der Waals surface area contributed by atoms with E-state index in [1.165, 1.54) is 77.0 Å². The summed E-state index contributed by atoms with van der Waals surface area (Å²) >= 11 is 0. The van der Waals surface area contributed by atoms with E-state index < -0.39 is 11.9 Å². The number of aliphatic carboxylic acids is 2. The van der Waals surface area contributed by atoms with Gasteiger partial charge in [0.05, 0.1) is 5.92 Å². The first-order chi connectivity index (χ1) is 16.0. The van der Waals surface area contributed by atoms with E-state index in [-0.39, 0.29) is 5.92 Å². The Bertz CT molecular complexity index is 636. The van der Waals surface area contributed by atoms with Gasteiger partial charge in [-0.25, -0.2) is 4.79 Å². The fourth-order valence-electron chi connectivity index (χ4n) is 3.65. The number of hydrogen-bond acceptors (Lipinski definition) is 2. The van der Waals surface area contributed by atoms with Crippen LogP contribution in [0.15, 0.2) is 49.1 Å². The molecule has 1 unspecified atom stereocenters. The molecule has 186 valence electrons. The molecule has 1 rings (SSSR count). The van der Waals surface area contributed by atoms with E-state index in [2.05, 4.69) is 13.5 Å². The Balaban J connectivity index is 0.00000184. The lowest BCUT2D eigenvalue weighted by atomic mass is 9.98. The molecular formula is C29H46O4. The molecule has 0 radical (unpaired) electrons. The van der Waals surface area contributed by atoms with Gasteiger partial charge in [-0.1, -0.05) is 146 Å². The molecule has 4 heteroatoms. The van der Waals surface area contributed by atoms with E-state index >= 15 is 0 Å². The van der Waals surface area contributed by atoms with Crippen molar-refractivity contribution >= 4 is 18.0 Å². The van der Waals surface area contributed by atoms with Crippen molar-refractivity contribution in [3.63, 3.8) is 0 Å². The maximum atomic E-state index is 11.4. The van der Waals surface area contributed by atoms with E-state index in [0.717, 1.165) is 30.9 Å². The SMILES string of the molecule is C=CC(=O)O.CCCCCCCCCCCCCCCCC(C=Cc1ccccc1)C(=O)O. The summed E-state index contributed by atoms with van der Waals surface area (Å²) < 4.78 is 0. The molecule has 0 aliphatic carbocycles. The molecule has 4 nitrogen and oxygen atoms in total. The van der Waals surface area contributed by atoms with E-state index in [0.29, 0.717) is 0 Å². The molecule has 0 aliphatic rings. The van der Waals surface area contributed by atoms with Gasteiger partial charge in [-0.3, -0.25) is 4.79 Å². The molecule has 0 saturated carbocycles. The molecule has 0 aromatic heterocycles. The maximum absolute atomic E-state index is 11.4. The van der Waals surface area contributed by atoms with Gasteiger partial charge in [0.15, 0.2) is 0 Å². The van der Waals surface area contributed by atoms with Crippen LogP contribution < -0.4 is 0 Å². The summed E-state index contributed by atoms with van der Waals surface area (Å²) in [6.45, 7) is 5.23. The average molecular weight is 459 g/mol. The quantitative estimate of drug-likeness (QED) is 0.161. The molecular weight excluding hydrogens is 412 g/mol. The molecule has 0 heterocycles. The largest absolute Gasteiger partial charge is 0.481 e. The summed E-state index contributed by atoms with van der Waals surface area (Å²) in [7, 11) is 0. The zero-order chi connectivity index (χ0) is 24.6. The van der Waals surface area contributed by atoms with Crippen molar-refractivity contribution in [1.29, 1.82) is 0 Å². The second-order valence-corrected chi connectivity index (χ2v) is 8.64. The predicted molar refractivity (Wildman–Crippen MR) is 139 cm³/mol. The Hall–Kier alpha value is -2.36. The summed E-state index contributed by atoms with van der Waals surface area (Å²) in [5.74, 6) is -2.05. The third kappa shape index (κ3) is 21.3. The predicted octanol–water partition coefficient (Wildman–Crippen LogP) is 8.53. The molecule has 1 atom stereocenters. The lowest BCUT2D eigenvalue weighted by Crippen LogP contribution is -2.10. The van der Waals surface area contributed by atoms with Crippen LogP contribution in [-0.2, 0) is 9.59 Å². The van der Waals surface area contributed by atoms with E-state index in [1.807, 2.05) is 42.5 Å². The number of rotatable bonds is 19. The zero-order valence-corrected chi connectivity index (χ0v) is 20.7. The van der Waals surface area contributed by atoms with Gasteiger partial charge in [-0.05, 0) is 12.0 Å². The Morgan fingerprint density at radius 2 is 1.21 bits per heavy atom. The van der Waals surface area contributed by atoms with Gasteiger partial charge in [0, 0.05) is 6.08 Å². The molecule has 0 aliphatic heterocycles. The third-order valence-electron chi connectivity index (χ3n) is 5.68. The average Bonchev–Trinajstić information content (AvgIpc) is 2.82. The molecule has 33 heavy (non-hydrogen) atoms. The minimum absolute atomic E-state index is 0.363. The Morgan fingerprint density at radius 3 is 1.61 bits per heavy atom. The standard InChI is InChI=1S/C26H42O2.C3H4O2/c1-2-3-4-5-6-7-8-9-10-11-12-13-14-18-21-25(26(27)28)23-22-24-19-16-15-17-20-24;1-2-3(4)5/h15-17,19-20,22-23,25H,2-14,18,21H2,1H3,(H,27,28);2H,1H2,(H,4,5). The Labute approximate surface area is 201 Å². The summed E-state index contributed by atoms with van der Waals surface area (Å²) in [6, 6.07) is 9.93. The van der Waals surface area contributed by atoms with Crippen LogP contribution >= 0.6 is 0 Å². The van der Waals surface area contributed by atoms with Gasteiger partial charge in [0.1, 0.15) is 0 Å². The lowest BCUT2D eigenvalue weighted by Gasteiger charge is -2.08. The first-order valence-corrected chi connectivity index (χ1v) is 12.8. The first kappa shape index (κ1) is 30.6. The van der Waals surface area contributed by atoms with Crippen molar-refractivity contribution in [2.75, 3.05) is 0 Å². The number of benzene rings is 1. The topological polar surface area (TPSA) is 74.6 Å². The van der Waals surface area contributed by atoms with Crippen LogP contribution in [0, 0.1) is 5.92 Å². The summed E-state index contributed by atoms with van der Waals surface area (Å²) in [6.07, 6.45) is 24.0. The van der Waals surface area contributed by atoms with E-state index in [1.54, 1.807) is 0 Å². The summed E-state index contributed by atoms with van der Waals surface area (Å²) in [5.41, 5.74) is 1.06. The highest BCUT2D eigenvalue weighted by Crippen LogP contribution is 2.17. The van der Waals surface area contributed by atoms with Gasteiger partial charge in [-0.15, -0.1) is 0 Å². The van der Waals surface area contributed by atoms with Gasteiger partial charge >= 0.3 is 11.9 Å². The highest BCUT2D eigenvalue weighted by atomic mass is 16.4. The fraction of sp³-hybridized carbons (Fsp3) is 0.586. The van der Waals surface area contributed by atoms with Crippen molar-refractivity contribution in [2.24, 2.45) is 5.92 Å². The molecule has 0 saturated heterocycles. The molecule has 1 aromatic rings. The molecule has 0 amide bonds. The van der Waals surface area contributed by atoms with Gasteiger partial charge in [0.2, 0.25) is 0 Å². The number of unbranched alkanes of at least 4 members (excludes halogenated alkanes) is 13. The van der Waals surface area contributed by atoms with E-state index in [9.17, 15) is 14.7 Å². The second kappa shape index (κ2) is 22.8. The molecule has 2 N–H and O–H groups in total. The minimum Gasteiger partial charge on any atom is -0.481 e. The van der Waals surface area contributed by atoms with Crippen LogP contribution in [0.4, 0.5) is 0 Å². The number of carbonyl (C=O) groups is 2. The van der Waals surface area contributed by atoms with Crippen LogP contribution in [-0.4, -0.2) is 22.2 Å². The number of carboxylic acid groups (broad SMARTS) is 2. The number of carboxylic acids is 2. The highest BCUT2D eigenvalue weighted by molar-refractivity contribution is 5.78. The number of hydrogen-bond donors (Lipinski definition) is 2. The lowest BCUT2D eigenvalue weighted by molar-refractivity contribution is -0.140. The smallest absolute Gasteiger partial charge is 0.327 e. The monoisotopic (exact) mass is 458 g/mol. The summed E-state index contributed by atoms with van der Waals surface area (Å²) in [4.78, 5) is 20.7. The first-order valence-electron chi connectivity index (χ1n) is 12.8. The second-order valence-electron chi connectivity index (χ2n) is 8.64. The van der Waals surface area contributed by atoms with Crippen molar-refractivity contribution in [2.45, 2.75) is 103 Å². The van der Waals surface area contributed by atoms with Crippen molar-refractivity contribution in [1.82, 2.24) is 0 Å². The third-order valence-corrected chi connectivity index (χ3v) is 5.68. The zero-order valence-electron chi connectivity index (χ0n) is 20.7. The van der Waals surface area contributed by atoms with Crippen LogP contribution in [0.3, 0.4) is 0 Å². The maximum Gasteiger partial charge on any atom is 0.327 e. The fourth-order valence-corrected chi connectivity index (χ4v) is 3.65. The Kier molecular flexibility index (Phi) is 21.2. The molecule has 0 bridgehead atoms.